The van der Waals surface area contributed by atoms with E-state index in [0.717, 1.165) is 36.4 Å². The van der Waals surface area contributed by atoms with E-state index < -0.39 is 27.9 Å². The van der Waals surface area contributed by atoms with Gasteiger partial charge in [0, 0.05) is 44.7 Å². The van der Waals surface area contributed by atoms with E-state index in [-0.39, 0.29) is 10.5 Å². The van der Waals surface area contributed by atoms with Crippen LogP contribution in [0.3, 0.4) is 0 Å². The van der Waals surface area contributed by atoms with E-state index in [1.807, 2.05) is 18.2 Å². The number of nitrogens with one attached hydrogen (secondary N) is 3. The Balaban J connectivity index is 1.38. The lowest BCUT2D eigenvalue weighted by atomic mass is 10.0. The lowest BCUT2D eigenvalue weighted by molar-refractivity contribution is -0.929. The molecule has 2 aliphatic heterocycles. The highest BCUT2D eigenvalue weighted by molar-refractivity contribution is 7.89. The van der Waals surface area contributed by atoms with Gasteiger partial charge in [0.05, 0.1) is 21.9 Å². The number of urea groups is 1. The van der Waals surface area contributed by atoms with Crippen LogP contribution < -0.4 is 15.5 Å². The number of amides is 4. The first-order valence-corrected chi connectivity index (χ1v) is 15.9. The molecule has 216 valence electrons. The number of thiophene rings is 1. The number of sulfonamides is 1. The first kappa shape index (κ1) is 28.9. The highest BCUT2D eigenvalue weighted by Crippen LogP contribution is 2.35. The number of rotatable bonds is 7. The average Bonchev–Trinajstić information content (AvgIpc) is 3.62. The number of hydrogen-bond acceptors (Lipinski definition) is 6. The summed E-state index contributed by atoms with van der Waals surface area (Å²) < 4.78 is 27.2. The molecule has 12 heteroatoms. The van der Waals surface area contributed by atoms with E-state index in [0.29, 0.717) is 36.6 Å². The number of benzene rings is 2. The summed E-state index contributed by atoms with van der Waals surface area (Å²) in [6, 6.07) is 15.5. The molecule has 1 unspecified atom stereocenters. The van der Waals surface area contributed by atoms with Crippen LogP contribution in [0.1, 0.15) is 49.6 Å². The van der Waals surface area contributed by atoms with Crippen molar-refractivity contribution in [2.24, 2.45) is 0 Å². The molecule has 0 aliphatic carbocycles. The minimum Gasteiger partial charge on any atom is -0.331 e. The predicted octanol–water partition coefficient (Wildman–Crippen LogP) is 2.34. The monoisotopic (exact) mass is 596 g/mol. The molecule has 2 aromatic carbocycles. The summed E-state index contributed by atoms with van der Waals surface area (Å²) in [6.07, 6.45) is 2.31. The van der Waals surface area contributed by atoms with Crippen LogP contribution in [0.15, 0.2) is 59.5 Å². The van der Waals surface area contributed by atoms with Crippen molar-refractivity contribution in [3.63, 3.8) is 0 Å². The molecule has 5 rings (SSSR count). The Morgan fingerprint density at radius 2 is 1.66 bits per heavy atom. The van der Waals surface area contributed by atoms with Crippen LogP contribution in [-0.2, 0) is 29.5 Å². The molecular weight excluding hydrogens is 562 g/mol. The van der Waals surface area contributed by atoms with Crippen molar-refractivity contribution in [1.82, 2.24) is 14.5 Å². The van der Waals surface area contributed by atoms with Gasteiger partial charge in [-0.25, -0.2) is 13.2 Å². The molecule has 1 fully saturated rings. The van der Waals surface area contributed by atoms with Gasteiger partial charge >= 0.3 is 6.03 Å². The van der Waals surface area contributed by atoms with Gasteiger partial charge in [-0.1, -0.05) is 30.3 Å². The van der Waals surface area contributed by atoms with E-state index >= 15 is 0 Å². The first-order chi connectivity index (χ1) is 19.6. The van der Waals surface area contributed by atoms with Crippen LogP contribution in [0.25, 0.3) is 0 Å². The number of fused-ring (bicyclic) bond motifs is 1. The average molecular weight is 597 g/mol. The Labute approximate surface area is 244 Å². The molecule has 3 aromatic rings. The van der Waals surface area contributed by atoms with E-state index in [1.54, 1.807) is 14.1 Å². The molecule has 0 saturated carbocycles. The number of anilines is 1. The summed E-state index contributed by atoms with van der Waals surface area (Å²) in [5.41, 5.74) is 2.64. The maximum Gasteiger partial charge on any atom is 0.323 e. The Bertz CT molecular complexity index is 1550. The standard InChI is InChI=1S/C29H33N5O5S2/c1-32(2)29(37)31-27(36)25-23-14-17-33(18-20-8-4-3-5-9-20)19-24(23)40-28(25)30-26(35)21-10-12-22(13-11-21)41(38,39)34-15-6-7-16-34/h3-5,8-13H,6-7,14-19H2,1-2H3,(H,30,35)(H,31,36,37)/p+1. The number of quaternary nitrogens is 1. The number of nitrogens with zero attached hydrogens (tertiary/aromatic N) is 2. The molecule has 1 aromatic heterocycles. The Kier molecular flexibility index (Phi) is 8.55. The van der Waals surface area contributed by atoms with Crippen LogP contribution in [0.2, 0.25) is 0 Å². The fraction of sp³-hybridized carbons (Fsp3) is 0.345. The third-order valence-corrected chi connectivity index (χ3v) is 10.5. The molecule has 0 radical (unpaired) electrons. The molecule has 1 saturated heterocycles. The maximum absolute atomic E-state index is 13.3. The van der Waals surface area contributed by atoms with Crippen molar-refractivity contribution in [2.45, 2.75) is 37.2 Å². The van der Waals surface area contributed by atoms with Gasteiger partial charge in [-0.2, -0.15) is 4.31 Å². The Morgan fingerprint density at radius 3 is 2.32 bits per heavy atom. The number of imide groups is 1. The van der Waals surface area contributed by atoms with Crippen LogP contribution >= 0.6 is 11.3 Å². The lowest BCUT2D eigenvalue weighted by Crippen LogP contribution is -3.10. The molecule has 10 nitrogen and oxygen atoms in total. The predicted molar refractivity (Wildman–Crippen MR) is 157 cm³/mol. The molecule has 0 spiro atoms. The fourth-order valence-corrected chi connectivity index (χ4v) is 8.03. The van der Waals surface area contributed by atoms with Crippen molar-refractivity contribution < 1.29 is 27.7 Å². The van der Waals surface area contributed by atoms with E-state index in [2.05, 4.69) is 22.8 Å². The molecule has 3 N–H and O–H groups in total. The Morgan fingerprint density at radius 1 is 0.976 bits per heavy atom. The van der Waals surface area contributed by atoms with Crippen molar-refractivity contribution >= 4 is 44.2 Å². The fourth-order valence-electron chi connectivity index (χ4n) is 5.20. The van der Waals surface area contributed by atoms with Gasteiger partial charge in [-0.3, -0.25) is 14.9 Å². The van der Waals surface area contributed by atoms with Gasteiger partial charge in [-0.05, 0) is 42.7 Å². The van der Waals surface area contributed by atoms with Crippen LogP contribution in [0, 0.1) is 0 Å². The highest BCUT2D eigenvalue weighted by Gasteiger charge is 2.32. The van der Waals surface area contributed by atoms with Gasteiger partial charge in [0.1, 0.15) is 18.1 Å². The molecule has 0 bridgehead atoms. The van der Waals surface area contributed by atoms with E-state index in [1.165, 1.54) is 55.3 Å². The van der Waals surface area contributed by atoms with Crippen molar-refractivity contribution in [1.29, 1.82) is 0 Å². The molecule has 4 amide bonds. The van der Waals surface area contributed by atoms with Crippen molar-refractivity contribution in [2.75, 3.05) is 39.0 Å². The van der Waals surface area contributed by atoms with Crippen molar-refractivity contribution in [3.05, 3.63) is 81.7 Å². The van der Waals surface area contributed by atoms with Crippen molar-refractivity contribution in [3.8, 4) is 0 Å². The number of hydrogen-bond donors (Lipinski definition) is 3. The van der Waals surface area contributed by atoms with Gasteiger partial charge in [-0.15, -0.1) is 11.3 Å². The van der Waals surface area contributed by atoms with Gasteiger partial charge < -0.3 is 15.1 Å². The largest absolute Gasteiger partial charge is 0.331 e. The zero-order chi connectivity index (χ0) is 29.1. The van der Waals surface area contributed by atoms with Gasteiger partial charge in [0.2, 0.25) is 10.0 Å². The number of carbonyl (C=O) groups is 3. The van der Waals surface area contributed by atoms with Gasteiger partial charge in [0.25, 0.3) is 11.8 Å². The zero-order valence-corrected chi connectivity index (χ0v) is 24.7. The zero-order valence-electron chi connectivity index (χ0n) is 23.1. The molecule has 41 heavy (non-hydrogen) atoms. The topological polar surface area (TPSA) is 120 Å². The van der Waals surface area contributed by atoms with E-state index in [4.69, 9.17) is 0 Å². The smallest absolute Gasteiger partial charge is 0.323 e. The summed E-state index contributed by atoms with van der Waals surface area (Å²) in [5.74, 6) is -1.02. The summed E-state index contributed by atoms with van der Waals surface area (Å²) in [6.45, 7) is 3.34. The first-order valence-electron chi connectivity index (χ1n) is 13.6. The van der Waals surface area contributed by atoms with Crippen LogP contribution in [-0.4, -0.2) is 69.2 Å². The molecule has 1 atom stereocenters. The third-order valence-electron chi connectivity index (χ3n) is 7.43. The molecule has 3 heterocycles. The van der Waals surface area contributed by atoms with Crippen LogP contribution in [0.5, 0.6) is 0 Å². The second kappa shape index (κ2) is 12.1. The summed E-state index contributed by atoms with van der Waals surface area (Å²) >= 11 is 1.35. The maximum atomic E-state index is 13.3. The highest BCUT2D eigenvalue weighted by atomic mass is 32.2. The molecular formula is C29H34N5O5S2+. The summed E-state index contributed by atoms with van der Waals surface area (Å²) in [7, 11) is -0.497. The quantitative estimate of drug-likeness (QED) is 0.387. The van der Waals surface area contributed by atoms with Crippen LogP contribution in [0.4, 0.5) is 9.80 Å². The summed E-state index contributed by atoms with van der Waals surface area (Å²) in [5, 5.41) is 5.66. The normalized spacial score (nSPS) is 17.1. The Hall–Kier alpha value is -3.58. The minimum absolute atomic E-state index is 0.145. The SMILES string of the molecule is CN(C)C(=O)NC(=O)c1c(NC(=O)c2ccc(S(=O)(=O)N3CCCC3)cc2)sc2c1CC[NH+](Cc1ccccc1)C2. The second-order valence-electron chi connectivity index (χ2n) is 10.5. The third kappa shape index (κ3) is 6.35. The second-order valence-corrected chi connectivity index (χ2v) is 13.6. The number of carbonyl (C=O) groups excluding carboxylic acids is 3. The van der Waals surface area contributed by atoms with Gasteiger partial charge in [0.15, 0.2) is 0 Å². The lowest BCUT2D eigenvalue weighted by Gasteiger charge is -2.24. The summed E-state index contributed by atoms with van der Waals surface area (Å²) in [4.78, 5) is 42.6. The molecule has 2 aliphatic rings. The van der Waals surface area contributed by atoms with E-state index in [9.17, 15) is 22.8 Å². The minimum atomic E-state index is -3.59.